The standard InChI is InChI=1S/C18H21N3O2/c1-13(19)18(23)20-12-17(22)21-16-9-5-8-15(11-16)10-14-6-3-2-4-7-14/h2-9,11,13H,10,12,19H2,1H3,(H,20,23)(H,21,22). The van der Waals surface area contributed by atoms with Crippen LogP contribution in [-0.4, -0.2) is 24.4 Å². The molecule has 2 aromatic carbocycles. The van der Waals surface area contributed by atoms with Crippen LogP contribution >= 0.6 is 0 Å². The summed E-state index contributed by atoms with van der Waals surface area (Å²) in [6.45, 7) is 1.48. The summed E-state index contributed by atoms with van der Waals surface area (Å²) in [4.78, 5) is 23.2. The molecule has 0 radical (unpaired) electrons. The molecule has 0 saturated carbocycles. The normalized spacial score (nSPS) is 11.6. The number of benzene rings is 2. The lowest BCUT2D eigenvalue weighted by Gasteiger charge is -2.10. The quantitative estimate of drug-likeness (QED) is 0.759. The SMILES string of the molecule is CC(N)C(=O)NCC(=O)Nc1cccc(Cc2ccccc2)c1. The largest absolute Gasteiger partial charge is 0.346 e. The number of anilines is 1. The molecular weight excluding hydrogens is 290 g/mol. The monoisotopic (exact) mass is 311 g/mol. The summed E-state index contributed by atoms with van der Waals surface area (Å²) in [6.07, 6.45) is 0.798. The van der Waals surface area contributed by atoms with Crippen LogP contribution in [-0.2, 0) is 16.0 Å². The first-order chi connectivity index (χ1) is 11.0. The van der Waals surface area contributed by atoms with Crippen LogP contribution in [0.3, 0.4) is 0 Å². The fourth-order valence-electron chi connectivity index (χ4n) is 2.12. The minimum Gasteiger partial charge on any atom is -0.346 e. The molecule has 0 aromatic heterocycles. The van der Waals surface area contributed by atoms with Crippen molar-refractivity contribution >= 4 is 17.5 Å². The van der Waals surface area contributed by atoms with Crippen molar-refractivity contribution in [1.29, 1.82) is 0 Å². The third-order valence-corrected chi connectivity index (χ3v) is 3.30. The maximum Gasteiger partial charge on any atom is 0.243 e. The Morgan fingerprint density at radius 1 is 1.04 bits per heavy atom. The summed E-state index contributed by atoms with van der Waals surface area (Å²) in [5.41, 5.74) is 8.44. The number of amides is 2. The Labute approximate surface area is 135 Å². The molecule has 0 fully saturated rings. The smallest absolute Gasteiger partial charge is 0.243 e. The van der Waals surface area contributed by atoms with Gasteiger partial charge in [-0.05, 0) is 36.6 Å². The first-order valence-electron chi connectivity index (χ1n) is 7.50. The van der Waals surface area contributed by atoms with Gasteiger partial charge in [0.2, 0.25) is 11.8 Å². The summed E-state index contributed by atoms with van der Waals surface area (Å²) in [6, 6.07) is 17.1. The van der Waals surface area contributed by atoms with Gasteiger partial charge >= 0.3 is 0 Å². The van der Waals surface area contributed by atoms with Crippen molar-refractivity contribution in [2.45, 2.75) is 19.4 Å². The second-order valence-corrected chi connectivity index (χ2v) is 5.42. The van der Waals surface area contributed by atoms with Crippen LogP contribution < -0.4 is 16.4 Å². The lowest BCUT2D eigenvalue weighted by atomic mass is 10.0. The zero-order chi connectivity index (χ0) is 16.7. The molecule has 4 N–H and O–H groups in total. The predicted octanol–water partition coefficient (Wildman–Crippen LogP) is 1.68. The molecule has 0 aliphatic heterocycles. The number of nitrogens with one attached hydrogen (secondary N) is 2. The van der Waals surface area contributed by atoms with Crippen LogP contribution in [0.2, 0.25) is 0 Å². The van der Waals surface area contributed by atoms with E-state index in [1.54, 1.807) is 6.92 Å². The van der Waals surface area contributed by atoms with Gasteiger partial charge in [0.25, 0.3) is 0 Å². The average Bonchev–Trinajstić information content (AvgIpc) is 2.53. The van der Waals surface area contributed by atoms with Gasteiger partial charge in [-0.15, -0.1) is 0 Å². The first-order valence-corrected chi connectivity index (χ1v) is 7.50. The Balaban J connectivity index is 1.92. The molecule has 0 aliphatic rings. The van der Waals surface area contributed by atoms with E-state index in [2.05, 4.69) is 22.8 Å². The van der Waals surface area contributed by atoms with Gasteiger partial charge in [0, 0.05) is 5.69 Å². The van der Waals surface area contributed by atoms with Gasteiger partial charge in [-0.3, -0.25) is 9.59 Å². The Morgan fingerprint density at radius 2 is 1.74 bits per heavy atom. The third kappa shape index (κ3) is 5.56. The molecule has 0 bridgehead atoms. The lowest BCUT2D eigenvalue weighted by Crippen LogP contribution is -2.41. The van der Waals surface area contributed by atoms with Crippen LogP contribution in [0, 0.1) is 0 Å². The van der Waals surface area contributed by atoms with Crippen molar-refractivity contribution in [2.24, 2.45) is 5.73 Å². The molecule has 0 heterocycles. The molecule has 0 aliphatic carbocycles. The van der Waals surface area contributed by atoms with Crippen molar-refractivity contribution < 1.29 is 9.59 Å². The topological polar surface area (TPSA) is 84.2 Å². The van der Waals surface area contributed by atoms with Crippen molar-refractivity contribution in [1.82, 2.24) is 5.32 Å². The highest BCUT2D eigenvalue weighted by atomic mass is 16.2. The van der Waals surface area contributed by atoms with Crippen LogP contribution in [0.5, 0.6) is 0 Å². The fraction of sp³-hybridized carbons (Fsp3) is 0.222. The first kappa shape index (κ1) is 16.7. The minimum absolute atomic E-state index is 0.0940. The number of rotatable bonds is 6. The van der Waals surface area contributed by atoms with Gasteiger partial charge in [-0.1, -0.05) is 42.5 Å². The van der Waals surface area contributed by atoms with Gasteiger partial charge in [-0.2, -0.15) is 0 Å². The highest BCUT2D eigenvalue weighted by molar-refractivity contribution is 5.95. The Morgan fingerprint density at radius 3 is 2.43 bits per heavy atom. The van der Waals surface area contributed by atoms with E-state index in [0.717, 1.165) is 12.0 Å². The highest BCUT2D eigenvalue weighted by Crippen LogP contribution is 2.14. The molecule has 2 rings (SSSR count). The van der Waals surface area contributed by atoms with E-state index in [9.17, 15) is 9.59 Å². The van der Waals surface area contributed by atoms with E-state index in [-0.39, 0.29) is 18.4 Å². The van der Waals surface area contributed by atoms with E-state index < -0.39 is 6.04 Å². The summed E-state index contributed by atoms with van der Waals surface area (Å²) in [5, 5.41) is 5.25. The van der Waals surface area contributed by atoms with Gasteiger partial charge in [0.1, 0.15) is 0 Å². The second kappa shape index (κ2) is 8.10. The molecule has 2 amide bonds. The predicted molar refractivity (Wildman–Crippen MR) is 91.0 cm³/mol. The van der Waals surface area contributed by atoms with Crippen LogP contribution in [0.15, 0.2) is 54.6 Å². The summed E-state index contributed by atoms with van der Waals surface area (Å²) < 4.78 is 0. The van der Waals surface area contributed by atoms with Gasteiger partial charge < -0.3 is 16.4 Å². The second-order valence-electron chi connectivity index (χ2n) is 5.42. The molecule has 0 saturated heterocycles. The molecule has 2 aromatic rings. The van der Waals surface area contributed by atoms with Crippen LogP contribution in [0.4, 0.5) is 5.69 Å². The van der Waals surface area contributed by atoms with E-state index in [4.69, 9.17) is 5.73 Å². The highest BCUT2D eigenvalue weighted by Gasteiger charge is 2.09. The molecule has 5 nitrogen and oxygen atoms in total. The Kier molecular flexibility index (Phi) is 5.88. The van der Waals surface area contributed by atoms with E-state index in [0.29, 0.717) is 5.69 Å². The van der Waals surface area contributed by atoms with E-state index in [1.807, 2.05) is 42.5 Å². The number of nitrogens with two attached hydrogens (primary N) is 1. The molecule has 1 atom stereocenters. The zero-order valence-electron chi connectivity index (χ0n) is 13.1. The summed E-state index contributed by atoms with van der Waals surface area (Å²) >= 11 is 0. The van der Waals surface area contributed by atoms with Crippen molar-refractivity contribution in [3.8, 4) is 0 Å². The van der Waals surface area contributed by atoms with Crippen LogP contribution in [0.25, 0.3) is 0 Å². The number of carbonyl (C=O) groups is 2. The van der Waals surface area contributed by atoms with E-state index in [1.165, 1.54) is 5.56 Å². The van der Waals surface area contributed by atoms with Gasteiger partial charge in [0.15, 0.2) is 0 Å². The van der Waals surface area contributed by atoms with Crippen molar-refractivity contribution in [3.05, 3.63) is 65.7 Å². The van der Waals surface area contributed by atoms with Crippen molar-refractivity contribution in [3.63, 3.8) is 0 Å². The Bertz CT molecular complexity index is 669. The average molecular weight is 311 g/mol. The number of hydrogen-bond donors (Lipinski definition) is 3. The fourth-order valence-corrected chi connectivity index (χ4v) is 2.12. The third-order valence-electron chi connectivity index (χ3n) is 3.30. The van der Waals surface area contributed by atoms with Gasteiger partial charge in [0.05, 0.1) is 12.6 Å². The lowest BCUT2D eigenvalue weighted by molar-refractivity contribution is -0.124. The Hall–Kier alpha value is -2.66. The van der Waals surface area contributed by atoms with E-state index >= 15 is 0 Å². The molecule has 5 heteroatoms. The molecule has 0 spiro atoms. The molecule has 23 heavy (non-hydrogen) atoms. The number of carbonyl (C=O) groups excluding carboxylic acids is 2. The molecule has 1 unspecified atom stereocenters. The molecule has 120 valence electrons. The van der Waals surface area contributed by atoms with Crippen molar-refractivity contribution in [2.75, 3.05) is 11.9 Å². The summed E-state index contributed by atoms with van der Waals surface area (Å²) in [7, 11) is 0. The van der Waals surface area contributed by atoms with Crippen LogP contribution in [0.1, 0.15) is 18.1 Å². The minimum atomic E-state index is -0.628. The maximum absolute atomic E-state index is 11.8. The summed E-state index contributed by atoms with van der Waals surface area (Å²) in [5.74, 6) is -0.631. The molecular formula is C18H21N3O2. The maximum atomic E-state index is 11.8. The zero-order valence-corrected chi connectivity index (χ0v) is 13.1. The number of hydrogen-bond acceptors (Lipinski definition) is 3. The van der Waals surface area contributed by atoms with Gasteiger partial charge in [-0.25, -0.2) is 0 Å².